The topological polar surface area (TPSA) is 123 Å². The van der Waals surface area contributed by atoms with Crippen LogP contribution in [0.1, 0.15) is 32.7 Å². The van der Waals surface area contributed by atoms with Crippen LogP contribution in [0.4, 0.5) is 10.1 Å². The molecule has 1 aliphatic carbocycles. The Morgan fingerprint density at radius 3 is 2.52 bits per heavy atom. The van der Waals surface area contributed by atoms with E-state index in [-0.39, 0.29) is 40.8 Å². The fraction of sp³-hybridized carbons (Fsp3) is 0.579. The van der Waals surface area contributed by atoms with Crippen LogP contribution in [0.15, 0.2) is 15.7 Å². The lowest BCUT2D eigenvalue weighted by Gasteiger charge is -2.30. The number of hydrogen-bond donors (Lipinski definition) is 3. The van der Waals surface area contributed by atoms with Gasteiger partial charge >= 0.3 is 5.69 Å². The Morgan fingerprint density at radius 1 is 1.34 bits per heavy atom. The van der Waals surface area contributed by atoms with Gasteiger partial charge in [-0.2, -0.15) is 4.68 Å². The average Bonchev–Trinajstić information content (AvgIpc) is 3.45. The Hall–Kier alpha value is -2.59. The Balaban J connectivity index is 2.01. The van der Waals surface area contributed by atoms with E-state index >= 15 is 4.39 Å². The molecular formula is C19H25FN4O5. The summed E-state index contributed by atoms with van der Waals surface area (Å²) in [5.41, 5.74) is -2.03. The standard InChI is InChI=1S/C19H25FN4O5/c1-9-7-22(8-19(9,2)17(26)27)14-12(20)6-11-13(15(14)29-3)23(10-4-5-10)18(28)24(21)16(11)25/h6,9-10,17,26-27H,4-5,7-8,21H2,1-3H3. The van der Waals surface area contributed by atoms with Gasteiger partial charge in [-0.15, -0.1) is 0 Å². The predicted molar refractivity (Wildman–Crippen MR) is 105 cm³/mol. The van der Waals surface area contributed by atoms with E-state index < -0.39 is 28.8 Å². The van der Waals surface area contributed by atoms with Gasteiger partial charge in [0.2, 0.25) is 0 Å². The SMILES string of the molecule is COc1c(N2CC(C)C(C)(C(O)O)C2)c(F)cc2c(=O)n(N)c(=O)n(C3CC3)c12. The number of nitrogen functional groups attached to an aromatic ring is 1. The summed E-state index contributed by atoms with van der Waals surface area (Å²) in [6.45, 7) is 4.11. The molecule has 0 amide bonds. The normalized spacial score (nSPS) is 24.7. The van der Waals surface area contributed by atoms with Gasteiger partial charge in [-0.05, 0) is 24.8 Å². The van der Waals surface area contributed by atoms with Crippen LogP contribution in [0.5, 0.6) is 5.75 Å². The van der Waals surface area contributed by atoms with Crippen LogP contribution in [0.2, 0.25) is 0 Å². The molecule has 2 heterocycles. The summed E-state index contributed by atoms with van der Waals surface area (Å²) < 4.78 is 22.7. The van der Waals surface area contributed by atoms with E-state index in [2.05, 4.69) is 0 Å². The summed E-state index contributed by atoms with van der Waals surface area (Å²) in [5, 5.41) is 19.7. The first kappa shape index (κ1) is 19.7. The third kappa shape index (κ3) is 2.73. The molecule has 0 bridgehead atoms. The minimum Gasteiger partial charge on any atom is -0.492 e. The minimum absolute atomic E-state index is 0.0331. The Kier molecular flexibility index (Phi) is 4.39. The highest BCUT2D eigenvalue weighted by Gasteiger charge is 2.47. The van der Waals surface area contributed by atoms with E-state index in [1.54, 1.807) is 11.8 Å². The van der Waals surface area contributed by atoms with Crippen LogP contribution < -0.4 is 26.7 Å². The number of ether oxygens (including phenoxy) is 1. The number of aromatic nitrogens is 2. The summed E-state index contributed by atoms with van der Waals surface area (Å²) in [6.07, 6.45) is -0.0805. The molecule has 2 atom stereocenters. The summed E-state index contributed by atoms with van der Waals surface area (Å²) in [4.78, 5) is 26.9. The van der Waals surface area contributed by atoms with Crippen LogP contribution in [0.25, 0.3) is 10.9 Å². The first-order chi connectivity index (χ1) is 13.6. The number of methoxy groups -OCH3 is 1. The molecule has 29 heavy (non-hydrogen) atoms. The van der Waals surface area contributed by atoms with E-state index in [1.165, 1.54) is 11.7 Å². The molecule has 4 N–H and O–H groups in total. The smallest absolute Gasteiger partial charge is 0.350 e. The van der Waals surface area contributed by atoms with Crippen LogP contribution in [-0.2, 0) is 0 Å². The highest BCUT2D eigenvalue weighted by Crippen LogP contribution is 2.46. The number of aliphatic hydroxyl groups excluding tert-OH is 1. The van der Waals surface area contributed by atoms with Gasteiger partial charge in [0.05, 0.1) is 12.5 Å². The van der Waals surface area contributed by atoms with Crippen molar-refractivity contribution < 1.29 is 19.3 Å². The van der Waals surface area contributed by atoms with E-state index in [1.807, 2.05) is 6.92 Å². The lowest BCUT2D eigenvalue weighted by atomic mass is 9.80. The van der Waals surface area contributed by atoms with Crippen LogP contribution in [0.3, 0.4) is 0 Å². The van der Waals surface area contributed by atoms with Crippen molar-refractivity contribution in [2.75, 3.05) is 30.9 Å². The van der Waals surface area contributed by atoms with E-state index in [0.717, 1.165) is 18.9 Å². The quantitative estimate of drug-likeness (QED) is 0.485. The molecule has 9 nitrogen and oxygen atoms in total. The van der Waals surface area contributed by atoms with Crippen molar-refractivity contribution >= 4 is 16.6 Å². The van der Waals surface area contributed by atoms with Crippen molar-refractivity contribution in [3.63, 3.8) is 0 Å². The first-order valence-corrected chi connectivity index (χ1v) is 9.55. The number of benzene rings is 1. The fourth-order valence-corrected chi connectivity index (χ4v) is 4.27. The largest absolute Gasteiger partial charge is 0.492 e. The molecule has 2 aromatic rings. The van der Waals surface area contributed by atoms with Gasteiger partial charge in [0.15, 0.2) is 17.9 Å². The Morgan fingerprint density at radius 2 is 2.00 bits per heavy atom. The zero-order valence-corrected chi connectivity index (χ0v) is 16.6. The number of anilines is 1. The van der Waals surface area contributed by atoms with E-state index in [0.29, 0.717) is 11.2 Å². The minimum atomic E-state index is -1.58. The van der Waals surface area contributed by atoms with Crippen molar-refractivity contribution in [2.45, 2.75) is 39.0 Å². The monoisotopic (exact) mass is 408 g/mol. The predicted octanol–water partition coefficient (Wildman–Crippen LogP) is 0.133. The molecule has 1 saturated heterocycles. The zero-order valence-electron chi connectivity index (χ0n) is 16.6. The second kappa shape index (κ2) is 6.46. The summed E-state index contributed by atoms with van der Waals surface area (Å²) in [5.74, 6) is 4.87. The molecule has 0 spiro atoms. The molecule has 2 fully saturated rings. The highest BCUT2D eigenvalue weighted by molar-refractivity contribution is 5.91. The summed E-state index contributed by atoms with van der Waals surface area (Å²) in [7, 11) is 1.35. The lowest BCUT2D eigenvalue weighted by Crippen LogP contribution is -2.44. The van der Waals surface area contributed by atoms with Crippen LogP contribution in [-0.4, -0.2) is 45.9 Å². The van der Waals surface area contributed by atoms with Crippen LogP contribution in [0, 0.1) is 17.2 Å². The first-order valence-electron chi connectivity index (χ1n) is 9.55. The molecule has 2 aliphatic rings. The maximum absolute atomic E-state index is 15.2. The van der Waals surface area contributed by atoms with Gasteiger partial charge in [0, 0.05) is 24.5 Å². The Labute approximate surface area is 165 Å². The molecule has 1 aliphatic heterocycles. The average molecular weight is 408 g/mol. The van der Waals surface area contributed by atoms with Gasteiger partial charge in [-0.25, -0.2) is 9.18 Å². The molecule has 2 unspecified atom stereocenters. The molecular weight excluding hydrogens is 383 g/mol. The van der Waals surface area contributed by atoms with Crippen LogP contribution >= 0.6 is 0 Å². The number of rotatable bonds is 4. The third-order valence-corrected chi connectivity index (χ3v) is 6.46. The molecule has 10 heteroatoms. The van der Waals surface area contributed by atoms with Crippen molar-refractivity contribution in [1.29, 1.82) is 0 Å². The second-order valence-corrected chi connectivity index (χ2v) is 8.36. The highest BCUT2D eigenvalue weighted by atomic mass is 19.1. The van der Waals surface area contributed by atoms with Gasteiger partial charge in [0.25, 0.3) is 5.56 Å². The van der Waals surface area contributed by atoms with Crippen molar-refractivity contribution in [1.82, 2.24) is 9.24 Å². The maximum Gasteiger partial charge on any atom is 0.350 e. The number of nitrogens with two attached hydrogens (primary N) is 1. The van der Waals surface area contributed by atoms with Crippen molar-refractivity contribution in [3.8, 4) is 5.75 Å². The molecule has 4 rings (SSSR count). The number of halogens is 1. The van der Waals surface area contributed by atoms with Gasteiger partial charge in [-0.1, -0.05) is 13.8 Å². The van der Waals surface area contributed by atoms with Gasteiger partial charge < -0.3 is 25.7 Å². The number of fused-ring (bicyclic) bond motifs is 1. The zero-order chi connectivity index (χ0) is 21.2. The maximum atomic E-state index is 15.2. The fourth-order valence-electron chi connectivity index (χ4n) is 4.27. The van der Waals surface area contributed by atoms with Gasteiger partial charge in [0.1, 0.15) is 11.2 Å². The molecule has 1 aromatic carbocycles. The Bertz CT molecular complexity index is 1110. The lowest BCUT2D eigenvalue weighted by molar-refractivity contribution is -0.133. The number of nitrogens with zero attached hydrogens (tertiary/aromatic N) is 3. The van der Waals surface area contributed by atoms with E-state index in [9.17, 15) is 19.8 Å². The van der Waals surface area contributed by atoms with E-state index in [4.69, 9.17) is 10.6 Å². The van der Waals surface area contributed by atoms with Crippen molar-refractivity contribution in [3.05, 3.63) is 32.7 Å². The third-order valence-electron chi connectivity index (χ3n) is 6.46. The molecule has 158 valence electrons. The summed E-state index contributed by atoms with van der Waals surface area (Å²) in [6, 6.07) is 0.946. The molecule has 1 aromatic heterocycles. The summed E-state index contributed by atoms with van der Waals surface area (Å²) >= 11 is 0. The van der Waals surface area contributed by atoms with Crippen molar-refractivity contribution in [2.24, 2.45) is 11.3 Å². The number of hydrogen-bond acceptors (Lipinski definition) is 7. The van der Waals surface area contributed by atoms with Gasteiger partial charge in [-0.3, -0.25) is 9.36 Å². The molecule has 0 radical (unpaired) electrons. The number of aliphatic hydroxyl groups is 2. The molecule has 1 saturated carbocycles. The second-order valence-electron chi connectivity index (χ2n) is 8.36.